The van der Waals surface area contributed by atoms with E-state index in [2.05, 4.69) is 25.5 Å². The molecule has 0 radical (unpaired) electrons. The molecule has 0 aromatic heterocycles. The van der Waals surface area contributed by atoms with E-state index in [1.54, 1.807) is 84.9 Å². The predicted molar refractivity (Wildman–Crippen MR) is 297 cm³/mol. The number of hydrogen-bond donors (Lipinski definition) is 15. The monoisotopic (exact) mass is 1270 g/mol. The quantitative estimate of drug-likeness (QED) is 0.0952. The molecule has 6 heterocycles. The van der Waals surface area contributed by atoms with E-state index in [4.69, 9.17) is 84.1 Å². The zero-order chi connectivity index (χ0) is 62.8. The summed E-state index contributed by atoms with van der Waals surface area (Å²) in [6.07, 6.45) is -26.7. The van der Waals surface area contributed by atoms with Gasteiger partial charge in [0.25, 0.3) is 11.8 Å². The first-order valence-corrected chi connectivity index (χ1v) is 27.2. The number of likely N-dealkylation sites (N-methyl/N-ethyl adjacent to an activating group) is 1. The number of carboxylic acids is 3. The molecule has 5 unspecified atom stereocenters. The number of hydrogen-bond acceptors (Lipinski definition) is 24. The normalized spacial score (nSPS) is 31.7. The van der Waals surface area contributed by atoms with Crippen LogP contribution in [0.4, 0.5) is 11.4 Å². The average Bonchev–Trinajstić information content (AvgIpc) is 1.83. The Morgan fingerprint density at radius 2 is 1.07 bits per heavy atom. The van der Waals surface area contributed by atoms with Crippen molar-refractivity contribution in [2.24, 2.45) is 9.98 Å². The molecule has 29 nitrogen and oxygen atoms in total. The summed E-state index contributed by atoms with van der Waals surface area (Å²) in [7, 11) is 1.51. The van der Waals surface area contributed by atoms with Crippen molar-refractivity contribution in [2.75, 3.05) is 30.4 Å². The number of aliphatic hydroxyl groups is 10. The van der Waals surface area contributed by atoms with Crippen LogP contribution in [-0.4, -0.2) is 232 Å². The maximum atomic E-state index is 13.2. The molecule has 4 saturated heterocycles. The van der Waals surface area contributed by atoms with Gasteiger partial charge in [0, 0.05) is 50.9 Å². The van der Waals surface area contributed by atoms with Gasteiger partial charge in [-0.3, -0.25) is 9.59 Å². The first-order chi connectivity index (χ1) is 40.8. The van der Waals surface area contributed by atoms with E-state index >= 15 is 0 Å². The minimum atomic E-state index is -1.91. The molecule has 4 aromatic carbocycles. The molecule has 2 amide bonds. The number of benzodiazepines with no additional fused rings is 2. The molecule has 6 aliphatic heterocycles. The van der Waals surface area contributed by atoms with Gasteiger partial charge in [-0.05, 0) is 61.7 Å². The number of halogens is 3. The molecule has 0 saturated carbocycles. The van der Waals surface area contributed by atoms with Crippen LogP contribution < -0.4 is 15.7 Å². The molecule has 10 rings (SSSR count). The van der Waals surface area contributed by atoms with Gasteiger partial charge in [0.2, 0.25) is 12.5 Å². The van der Waals surface area contributed by atoms with Gasteiger partial charge in [0.15, 0.2) is 37.2 Å². The number of aliphatic hydroxyl groups excluding tert-OH is 10. The SMILES string of the molecule is C1CCNOCC1.CN1C(=O)C(OC2O[C@H](C(=O)O)[C@@H](O)[C@H](O)[C@H]2O)N=C(c2ccccc2)c2cc(Cl)ccc21.O=C(O)[C@H]1OC(O)[C@H](O)[C@@H](O)[C@@H]1O.O=C1Nc2ccc(Cl)cc2C(c2ccccc2Cl)=NC1OC1O[C@H](C(=O)O)[C@@H](O)[C@H](O)[C@H]1O. The summed E-state index contributed by atoms with van der Waals surface area (Å²) in [5.74, 6) is -6.06. The zero-order valence-electron chi connectivity index (χ0n) is 44.8. The molecular weight excluding hydrogens is 1210 g/mol. The molecule has 15 N–H and O–H groups in total. The highest BCUT2D eigenvalue weighted by Gasteiger charge is 2.51. The van der Waals surface area contributed by atoms with Crippen molar-refractivity contribution < 1.29 is 119 Å². The van der Waals surface area contributed by atoms with Crippen LogP contribution in [0.25, 0.3) is 0 Å². The van der Waals surface area contributed by atoms with Crippen molar-refractivity contribution in [1.82, 2.24) is 5.48 Å². The number of carboxylic acid groups (broad SMARTS) is 3. The van der Waals surface area contributed by atoms with Gasteiger partial charge < -0.3 is 105 Å². The number of nitrogens with one attached hydrogen (secondary N) is 2. The molecular formula is C54H60Cl3N5O24. The maximum absolute atomic E-state index is 13.2. The van der Waals surface area contributed by atoms with E-state index in [1.165, 1.54) is 31.2 Å². The van der Waals surface area contributed by atoms with Crippen LogP contribution in [0.5, 0.6) is 0 Å². The lowest BCUT2D eigenvalue weighted by Crippen LogP contribution is -2.61. The molecule has 466 valence electrons. The number of benzene rings is 4. The minimum Gasteiger partial charge on any atom is -0.479 e. The van der Waals surface area contributed by atoms with Crippen LogP contribution in [0.3, 0.4) is 0 Å². The van der Waals surface area contributed by atoms with Gasteiger partial charge >= 0.3 is 17.9 Å². The second-order valence-electron chi connectivity index (χ2n) is 19.5. The van der Waals surface area contributed by atoms with Crippen LogP contribution in [0.1, 0.15) is 41.5 Å². The van der Waals surface area contributed by atoms with Crippen molar-refractivity contribution in [3.8, 4) is 0 Å². The number of aliphatic imine (C=N–C) groups is 2. The summed E-state index contributed by atoms with van der Waals surface area (Å²) in [6.45, 7) is 1.92. The van der Waals surface area contributed by atoms with Crippen molar-refractivity contribution >= 4 is 87.3 Å². The molecule has 4 aromatic rings. The van der Waals surface area contributed by atoms with Crippen molar-refractivity contribution in [3.63, 3.8) is 0 Å². The van der Waals surface area contributed by atoms with Crippen LogP contribution >= 0.6 is 34.8 Å². The molecule has 0 aliphatic carbocycles. The number of carbonyl (C=O) groups excluding carboxylic acids is 2. The zero-order valence-corrected chi connectivity index (χ0v) is 47.1. The highest BCUT2D eigenvalue weighted by Crippen LogP contribution is 2.34. The maximum Gasteiger partial charge on any atom is 0.335 e. The van der Waals surface area contributed by atoms with Gasteiger partial charge in [-0.2, -0.15) is 0 Å². The number of rotatable bonds is 9. The number of ether oxygens (including phenoxy) is 5. The van der Waals surface area contributed by atoms with E-state index in [1.807, 2.05) is 6.07 Å². The molecule has 17 atom stereocenters. The Kier molecular flexibility index (Phi) is 23.6. The number of nitrogens with zero attached hydrogens (tertiary/aromatic N) is 3. The fraction of sp³-hybridized carbons (Fsp3) is 0.426. The summed E-state index contributed by atoms with van der Waals surface area (Å²) in [6, 6.07) is 25.3. The minimum absolute atomic E-state index is 0.238. The predicted octanol–water partition coefficient (Wildman–Crippen LogP) is -1.03. The van der Waals surface area contributed by atoms with E-state index in [0.29, 0.717) is 54.4 Å². The van der Waals surface area contributed by atoms with Gasteiger partial charge in [-0.1, -0.05) is 83.3 Å². The Bertz CT molecular complexity index is 3100. The Balaban J connectivity index is 0.000000187. The Labute approximate surface area is 502 Å². The third kappa shape index (κ3) is 15.9. The topological polar surface area (TPSA) is 456 Å². The Hall–Kier alpha value is -6.24. The fourth-order valence-electron chi connectivity index (χ4n) is 8.99. The lowest BCUT2D eigenvalue weighted by atomic mass is 9.99. The number of carbonyl (C=O) groups is 5. The first-order valence-electron chi connectivity index (χ1n) is 26.1. The first kappa shape index (κ1) is 67.3. The summed E-state index contributed by atoms with van der Waals surface area (Å²) >= 11 is 18.7. The second-order valence-corrected chi connectivity index (χ2v) is 20.8. The van der Waals surface area contributed by atoms with Gasteiger partial charge in [-0.15, -0.1) is 0 Å². The van der Waals surface area contributed by atoms with Crippen LogP contribution in [-0.2, 0) is 52.5 Å². The smallest absolute Gasteiger partial charge is 0.335 e. The third-order valence-electron chi connectivity index (χ3n) is 13.6. The molecule has 4 fully saturated rings. The summed E-state index contributed by atoms with van der Waals surface area (Å²) < 4.78 is 25.7. The average molecular weight is 1270 g/mol. The number of amides is 2. The van der Waals surface area contributed by atoms with Crippen molar-refractivity contribution in [1.29, 1.82) is 0 Å². The molecule has 6 aliphatic rings. The van der Waals surface area contributed by atoms with E-state index in [-0.39, 0.29) is 5.71 Å². The summed E-state index contributed by atoms with van der Waals surface area (Å²) in [5, 5.41) is 127. The number of aliphatic carboxylic acids is 3. The molecule has 0 spiro atoms. The van der Waals surface area contributed by atoms with E-state index in [9.17, 15) is 64.8 Å². The lowest BCUT2D eigenvalue weighted by Gasteiger charge is -2.39. The van der Waals surface area contributed by atoms with E-state index < -0.39 is 134 Å². The lowest BCUT2D eigenvalue weighted by molar-refractivity contribution is -0.300. The summed E-state index contributed by atoms with van der Waals surface area (Å²) in [4.78, 5) is 74.3. The van der Waals surface area contributed by atoms with Crippen LogP contribution in [0.15, 0.2) is 101 Å². The number of hydroxylamine groups is 1. The second kappa shape index (κ2) is 30.1. The van der Waals surface area contributed by atoms with Crippen molar-refractivity contribution in [3.05, 3.63) is 128 Å². The number of anilines is 2. The highest BCUT2D eigenvalue weighted by atomic mass is 35.5. The Morgan fingerprint density at radius 3 is 1.65 bits per heavy atom. The van der Waals surface area contributed by atoms with Crippen LogP contribution in [0.2, 0.25) is 15.1 Å². The number of fused-ring (bicyclic) bond motifs is 2. The third-order valence-corrected chi connectivity index (χ3v) is 14.4. The molecule has 86 heavy (non-hydrogen) atoms. The van der Waals surface area contributed by atoms with Crippen molar-refractivity contribution in [2.45, 2.75) is 124 Å². The fourth-order valence-corrected chi connectivity index (χ4v) is 9.56. The largest absolute Gasteiger partial charge is 0.479 e. The van der Waals surface area contributed by atoms with Crippen LogP contribution in [0, 0.1) is 0 Å². The molecule has 0 bridgehead atoms. The van der Waals surface area contributed by atoms with Gasteiger partial charge in [0.05, 0.1) is 29.4 Å². The highest BCUT2D eigenvalue weighted by molar-refractivity contribution is 6.37. The van der Waals surface area contributed by atoms with E-state index in [0.717, 1.165) is 13.2 Å². The summed E-state index contributed by atoms with van der Waals surface area (Å²) in [5.41, 5.74) is 6.43. The van der Waals surface area contributed by atoms with Gasteiger partial charge in [-0.25, -0.2) is 29.8 Å². The van der Waals surface area contributed by atoms with Gasteiger partial charge in [0.1, 0.15) is 54.9 Å². The standard InChI is InChI=1S/C22H21ClN2O8.C21H18Cl2N2O8.C6H10O7.C5H11NO/c1-25-13-8-7-11(23)9-12(13)14(10-5-3-2-4-6-10)24-19(20(25)29)33-22-17(28)15(26)16(27)18(32-22)21(30)31;22-8-5-6-12-10(7-8)13(9-3-1-2-4-11(9)23)25-19(18(29)24-12)33-21-16(28)14(26)15(27)17(32-21)20(30)31;7-1-2(8)4(5(10)11)13-6(12)3(1)9;1-2-4-6-7-5-3-1/h2-9,15-19,22,26-28H,1H3,(H,30,31);1-7,14-17,19,21,26-28H,(H,24,29)(H,30,31);1-4,6-9,12H,(H,10,11);6H,1-5H2/t15-,16-,17+,18-,19?,22?;14-,15-,16+,17-,19?,21?;1-,2-,3+,4-,6?;/m000./s1. The molecule has 32 heteroatoms. The Morgan fingerprint density at radius 1 is 0.558 bits per heavy atom.